The van der Waals surface area contributed by atoms with Crippen molar-refractivity contribution >= 4 is 19.7 Å². The molecule has 0 N–H and O–H groups in total. The van der Waals surface area contributed by atoms with Gasteiger partial charge in [-0.3, -0.25) is 0 Å². The van der Waals surface area contributed by atoms with Crippen molar-refractivity contribution in [3.63, 3.8) is 0 Å². The van der Waals surface area contributed by atoms with Crippen LogP contribution in [0.5, 0.6) is 0 Å². The van der Waals surface area contributed by atoms with Crippen molar-refractivity contribution in [2.75, 3.05) is 19.6 Å². The molecule has 1 heterocycles. The van der Waals surface area contributed by atoms with Crippen molar-refractivity contribution < 1.29 is 43.2 Å². The van der Waals surface area contributed by atoms with Crippen LogP contribution in [0.2, 0.25) is 0 Å². The zero-order valence-corrected chi connectivity index (χ0v) is 15.0. The third kappa shape index (κ3) is 3.92. The van der Waals surface area contributed by atoms with Crippen LogP contribution in [0.25, 0.3) is 0 Å². The summed E-state index contributed by atoms with van der Waals surface area (Å²) in [7, 11) is -13.2. The van der Waals surface area contributed by atoms with E-state index in [-0.39, 0.29) is 0 Å². The van der Waals surface area contributed by atoms with Crippen LogP contribution in [0.4, 0.5) is 26.3 Å². The summed E-state index contributed by atoms with van der Waals surface area (Å²) in [4.78, 5) is 1.48. The Kier molecular flexibility index (Phi) is 6.49. The number of hydrogen-bond donors (Lipinski definition) is 0. The minimum Gasteiger partial charge on any atom is -0.303 e. The molecule has 5 nitrogen and oxygen atoms in total. The summed E-state index contributed by atoms with van der Waals surface area (Å²) in [6, 6.07) is 0. The van der Waals surface area contributed by atoms with E-state index >= 15 is 0 Å². The fourth-order valence-corrected chi connectivity index (χ4v) is 6.81. The van der Waals surface area contributed by atoms with E-state index in [4.69, 9.17) is 0 Å². The quantitative estimate of drug-likeness (QED) is 0.489. The maximum Gasteiger partial charge on any atom is 0.498 e. The zero-order valence-electron chi connectivity index (χ0n) is 13.3. The number of piperidine rings is 1. The van der Waals surface area contributed by atoms with Crippen molar-refractivity contribution in [3.8, 4) is 0 Å². The standard InChI is InChI=1S/C12H19F6NO4S2/c1-2-3-4-7-19-8-5-10(6-9-19,24(20,21)11(13,14)15)25(22,23)12(16,17)18/h2-9H2,1H3. The summed E-state index contributed by atoms with van der Waals surface area (Å²) in [6.07, 6.45) is -0.306. The van der Waals surface area contributed by atoms with Crippen molar-refractivity contribution in [2.24, 2.45) is 0 Å². The van der Waals surface area contributed by atoms with Gasteiger partial charge in [-0.15, -0.1) is 0 Å². The molecule has 0 unspecified atom stereocenters. The van der Waals surface area contributed by atoms with Crippen molar-refractivity contribution in [1.29, 1.82) is 0 Å². The third-order valence-electron chi connectivity index (χ3n) is 4.28. The highest BCUT2D eigenvalue weighted by molar-refractivity contribution is 8.11. The van der Waals surface area contributed by atoms with Gasteiger partial charge in [0.05, 0.1) is 0 Å². The summed E-state index contributed by atoms with van der Waals surface area (Å²) < 4.78 is 120. The minimum atomic E-state index is -6.59. The molecule has 1 saturated heterocycles. The lowest BCUT2D eigenvalue weighted by Crippen LogP contribution is -2.60. The molecule has 0 aromatic carbocycles. The lowest BCUT2D eigenvalue weighted by atomic mass is 10.1. The fraction of sp³-hybridized carbons (Fsp3) is 1.00. The Balaban J connectivity index is 3.28. The molecule has 0 aromatic heterocycles. The first-order chi connectivity index (χ1) is 11.1. The van der Waals surface area contributed by atoms with E-state index in [2.05, 4.69) is 0 Å². The molecule has 150 valence electrons. The van der Waals surface area contributed by atoms with E-state index in [9.17, 15) is 43.2 Å². The number of rotatable bonds is 6. The van der Waals surface area contributed by atoms with E-state index in [1.54, 1.807) is 0 Å². The van der Waals surface area contributed by atoms with Crippen molar-refractivity contribution in [2.45, 2.75) is 54.1 Å². The SMILES string of the molecule is CCCCCN1CCC(S(=O)(=O)C(F)(F)F)(S(=O)(=O)C(F)(F)F)CC1. The molecule has 0 bridgehead atoms. The second-order valence-electron chi connectivity index (χ2n) is 5.86. The number of hydrogen-bond acceptors (Lipinski definition) is 5. The van der Waals surface area contributed by atoms with Gasteiger partial charge < -0.3 is 4.90 Å². The maximum absolute atomic E-state index is 12.9. The zero-order chi connectivity index (χ0) is 19.7. The summed E-state index contributed by atoms with van der Waals surface area (Å²) in [6.45, 7) is 1.29. The van der Waals surface area contributed by atoms with Crippen molar-refractivity contribution in [1.82, 2.24) is 4.90 Å². The molecule has 1 aliphatic rings. The number of sulfone groups is 2. The Morgan fingerprint density at radius 1 is 0.840 bits per heavy atom. The van der Waals surface area contributed by atoms with Crippen LogP contribution in [-0.2, 0) is 19.7 Å². The second-order valence-corrected chi connectivity index (χ2v) is 10.6. The first-order valence-corrected chi connectivity index (χ1v) is 10.4. The Morgan fingerprint density at radius 2 is 1.24 bits per heavy atom. The molecular weight excluding hydrogens is 400 g/mol. The van der Waals surface area contributed by atoms with E-state index in [0.717, 1.165) is 12.8 Å². The second kappa shape index (κ2) is 7.22. The molecule has 0 radical (unpaired) electrons. The van der Waals surface area contributed by atoms with Gasteiger partial charge in [0.2, 0.25) is 0 Å². The maximum atomic E-state index is 12.9. The summed E-state index contributed by atoms with van der Waals surface area (Å²) in [5.41, 5.74) is -12.2. The van der Waals surface area contributed by atoms with Gasteiger partial charge in [-0.05, 0) is 25.8 Å². The van der Waals surface area contributed by atoms with Gasteiger partial charge in [0.1, 0.15) is 0 Å². The number of likely N-dealkylation sites (tertiary alicyclic amines) is 1. The fourth-order valence-electron chi connectivity index (χ4n) is 2.81. The highest BCUT2D eigenvalue weighted by atomic mass is 32.3. The lowest BCUT2D eigenvalue weighted by Gasteiger charge is -2.40. The molecule has 1 rings (SSSR count). The van der Waals surface area contributed by atoms with E-state index in [0.29, 0.717) is 13.0 Å². The molecule has 0 saturated carbocycles. The van der Waals surface area contributed by atoms with Gasteiger partial charge in [-0.2, -0.15) is 26.3 Å². The largest absolute Gasteiger partial charge is 0.498 e. The average Bonchev–Trinajstić information content (AvgIpc) is 2.45. The van der Waals surface area contributed by atoms with Gasteiger partial charge in [0.25, 0.3) is 19.7 Å². The molecule has 0 aromatic rings. The molecule has 13 heteroatoms. The highest BCUT2D eigenvalue weighted by Gasteiger charge is 2.72. The topological polar surface area (TPSA) is 71.5 Å². The third-order valence-corrected chi connectivity index (χ3v) is 9.60. The number of halogens is 6. The molecule has 0 amide bonds. The van der Waals surface area contributed by atoms with Crippen LogP contribution in [0.1, 0.15) is 39.0 Å². The lowest BCUT2D eigenvalue weighted by molar-refractivity contribution is -0.0506. The van der Waals surface area contributed by atoms with E-state index < -0.39 is 60.7 Å². The summed E-state index contributed by atoms with van der Waals surface area (Å²) >= 11 is 0. The van der Waals surface area contributed by atoms with Gasteiger partial charge in [-0.25, -0.2) is 16.8 Å². The van der Waals surface area contributed by atoms with Crippen molar-refractivity contribution in [3.05, 3.63) is 0 Å². The molecule has 0 spiro atoms. The Bertz CT molecular complexity index is 615. The van der Waals surface area contributed by atoms with Crippen LogP contribution in [0.3, 0.4) is 0 Å². The average molecular weight is 419 g/mol. The van der Waals surface area contributed by atoms with Crippen LogP contribution in [0, 0.1) is 0 Å². The van der Waals surface area contributed by atoms with Crippen LogP contribution in [0.15, 0.2) is 0 Å². The molecule has 25 heavy (non-hydrogen) atoms. The van der Waals surface area contributed by atoms with Crippen LogP contribution in [-0.4, -0.2) is 56.5 Å². The van der Waals surface area contributed by atoms with Gasteiger partial charge in [0, 0.05) is 13.1 Å². The first kappa shape index (κ1) is 22.5. The predicted octanol–water partition coefficient (Wildman–Crippen LogP) is 2.84. The van der Waals surface area contributed by atoms with Gasteiger partial charge in [-0.1, -0.05) is 19.8 Å². The Morgan fingerprint density at radius 3 is 1.56 bits per heavy atom. The molecule has 1 aliphatic heterocycles. The number of alkyl halides is 6. The number of nitrogens with zero attached hydrogens (tertiary/aromatic N) is 1. The summed E-state index contributed by atoms with van der Waals surface area (Å²) in [5.74, 6) is 0. The predicted molar refractivity (Wildman–Crippen MR) is 77.9 cm³/mol. The normalized spacial score (nSPS) is 20.6. The van der Waals surface area contributed by atoms with E-state index in [1.165, 1.54) is 4.90 Å². The monoisotopic (exact) mass is 419 g/mol. The highest BCUT2D eigenvalue weighted by Crippen LogP contribution is 2.48. The van der Waals surface area contributed by atoms with E-state index in [1.807, 2.05) is 6.92 Å². The van der Waals surface area contributed by atoms with Crippen LogP contribution >= 0.6 is 0 Å². The van der Waals surface area contributed by atoms with Gasteiger partial charge in [0.15, 0.2) is 4.08 Å². The van der Waals surface area contributed by atoms with Gasteiger partial charge >= 0.3 is 11.0 Å². The molecule has 1 fully saturated rings. The molecule has 0 atom stereocenters. The molecule has 0 aliphatic carbocycles. The Labute approximate surface area is 142 Å². The summed E-state index contributed by atoms with van der Waals surface area (Å²) in [5, 5.41) is 0. The Hall–Kier alpha value is -0.560. The number of unbranched alkanes of at least 4 members (excludes halogenated alkanes) is 2. The smallest absolute Gasteiger partial charge is 0.303 e. The minimum absolute atomic E-state index is 0.349. The molecular formula is C12H19F6NO4S2. The first-order valence-electron chi connectivity index (χ1n) is 7.48. The van der Waals surface area contributed by atoms with Crippen LogP contribution < -0.4 is 0 Å².